The standard InChI is InChI=1S/C11H21N3O2/c1-4-7(2)12-10(15)8(3)13-11(16)14-9-5-6-9/h7-9H,4-6H2,1-3H3,(H,12,15)(H2,13,14,16)/t7-,8-/m0/s1. The number of urea groups is 1. The number of hydrogen-bond acceptors (Lipinski definition) is 2. The summed E-state index contributed by atoms with van der Waals surface area (Å²) in [7, 11) is 0. The van der Waals surface area contributed by atoms with E-state index >= 15 is 0 Å². The molecule has 1 rings (SSSR count). The van der Waals surface area contributed by atoms with Crippen LogP contribution in [0.25, 0.3) is 0 Å². The van der Waals surface area contributed by atoms with Crippen molar-refractivity contribution in [3.8, 4) is 0 Å². The topological polar surface area (TPSA) is 70.2 Å². The summed E-state index contributed by atoms with van der Waals surface area (Å²) in [6.45, 7) is 5.63. The molecule has 5 heteroatoms. The predicted molar refractivity (Wildman–Crippen MR) is 62.0 cm³/mol. The SMILES string of the molecule is CC[C@H](C)NC(=O)[C@H](C)NC(=O)NC1CC1. The highest BCUT2D eigenvalue weighted by molar-refractivity contribution is 5.86. The molecule has 5 nitrogen and oxygen atoms in total. The van der Waals surface area contributed by atoms with Gasteiger partial charge in [-0.3, -0.25) is 4.79 Å². The Balaban J connectivity index is 2.23. The molecule has 0 radical (unpaired) electrons. The van der Waals surface area contributed by atoms with Crippen molar-refractivity contribution in [2.45, 2.75) is 58.2 Å². The average molecular weight is 227 g/mol. The Kier molecular flexibility index (Phi) is 4.58. The fourth-order valence-electron chi connectivity index (χ4n) is 1.19. The van der Waals surface area contributed by atoms with Crippen LogP contribution in [-0.4, -0.2) is 30.1 Å². The van der Waals surface area contributed by atoms with Crippen molar-refractivity contribution >= 4 is 11.9 Å². The first-order chi connectivity index (χ1) is 7.52. The van der Waals surface area contributed by atoms with Crippen LogP contribution < -0.4 is 16.0 Å². The molecule has 0 bridgehead atoms. The van der Waals surface area contributed by atoms with Gasteiger partial charge in [-0.25, -0.2) is 4.79 Å². The van der Waals surface area contributed by atoms with Gasteiger partial charge >= 0.3 is 6.03 Å². The zero-order valence-corrected chi connectivity index (χ0v) is 10.2. The molecule has 1 fully saturated rings. The predicted octanol–water partition coefficient (Wildman–Crippen LogP) is 0.751. The molecule has 0 spiro atoms. The maximum atomic E-state index is 11.6. The van der Waals surface area contributed by atoms with Crippen molar-refractivity contribution in [2.75, 3.05) is 0 Å². The van der Waals surface area contributed by atoms with Crippen molar-refractivity contribution in [2.24, 2.45) is 0 Å². The normalized spacial score (nSPS) is 18.4. The molecule has 0 aromatic heterocycles. The maximum Gasteiger partial charge on any atom is 0.315 e. The molecule has 3 amide bonds. The van der Waals surface area contributed by atoms with E-state index in [0.29, 0.717) is 6.04 Å². The molecule has 1 aliphatic carbocycles. The number of hydrogen-bond donors (Lipinski definition) is 3. The zero-order valence-electron chi connectivity index (χ0n) is 10.2. The van der Waals surface area contributed by atoms with Gasteiger partial charge < -0.3 is 16.0 Å². The van der Waals surface area contributed by atoms with E-state index in [-0.39, 0.29) is 18.0 Å². The quantitative estimate of drug-likeness (QED) is 0.648. The molecule has 16 heavy (non-hydrogen) atoms. The first-order valence-electron chi connectivity index (χ1n) is 5.90. The van der Waals surface area contributed by atoms with Crippen molar-refractivity contribution < 1.29 is 9.59 Å². The van der Waals surface area contributed by atoms with Crippen molar-refractivity contribution in [1.29, 1.82) is 0 Å². The maximum absolute atomic E-state index is 11.6. The van der Waals surface area contributed by atoms with E-state index in [0.717, 1.165) is 19.3 Å². The van der Waals surface area contributed by atoms with E-state index < -0.39 is 6.04 Å². The second-order valence-corrected chi connectivity index (χ2v) is 4.43. The van der Waals surface area contributed by atoms with Gasteiger partial charge in [-0.15, -0.1) is 0 Å². The average Bonchev–Trinajstić information content (AvgIpc) is 3.00. The van der Waals surface area contributed by atoms with Gasteiger partial charge in [-0.05, 0) is 33.1 Å². The highest BCUT2D eigenvalue weighted by atomic mass is 16.2. The molecule has 2 atom stereocenters. The van der Waals surface area contributed by atoms with Crippen molar-refractivity contribution in [3.05, 3.63) is 0 Å². The third kappa shape index (κ3) is 4.51. The third-order valence-corrected chi connectivity index (χ3v) is 2.65. The van der Waals surface area contributed by atoms with Gasteiger partial charge in [0.05, 0.1) is 0 Å². The summed E-state index contributed by atoms with van der Waals surface area (Å²) in [4.78, 5) is 23.0. The zero-order chi connectivity index (χ0) is 12.1. The van der Waals surface area contributed by atoms with E-state index in [1.165, 1.54) is 0 Å². The van der Waals surface area contributed by atoms with Crippen molar-refractivity contribution in [1.82, 2.24) is 16.0 Å². The van der Waals surface area contributed by atoms with Gasteiger partial charge in [0.25, 0.3) is 0 Å². The molecule has 1 aliphatic rings. The number of carbonyl (C=O) groups excluding carboxylic acids is 2. The van der Waals surface area contributed by atoms with Crippen molar-refractivity contribution in [3.63, 3.8) is 0 Å². The molecule has 0 aliphatic heterocycles. The monoisotopic (exact) mass is 227 g/mol. The van der Waals surface area contributed by atoms with Crippen LogP contribution in [0.3, 0.4) is 0 Å². The van der Waals surface area contributed by atoms with Gasteiger partial charge in [0.15, 0.2) is 0 Å². The Morgan fingerprint density at radius 3 is 2.38 bits per heavy atom. The van der Waals surface area contributed by atoms with E-state index in [2.05, 4.69) is 16.0 Å². The van der Waals surface area contributed by atoms with E-state index in [1.807, 2.05) is 13.8 Å². The van der Waals surface area contributed by atoms with Crippen LogP contribution in [0.2, 0.25) is 0 Å². The minimum Gasteiger partial charge on any atom is -0.352 e. The first-order valence-corrected chi connectivity index (χ1v) is 5.90. The first kappa shape index (κ1) is 12.8. The lowest BCUT2D eigenvalue weighted by Crippen LogP contribution is -2.50. The van der Waals surface area contributed by atoms with Gasteiger partial charge in [-0.2, -0.15) is 0 Å². The Morgan fingerprint density at radius 1 is 1.25 bits per heavy atom. The second kappa shape index (κ2) is 5.72. The van der Waals surface area contributed by atoms with Gasteiger partial charge in [-0.1, -0.05) is 6.92 Å². The second-order valence-electron chi connectivity index (χ2n) is 4.43. The molecule has 0 heterocycles. The van der Waals surface area contributed by atoms with Crippen LogP contribution >= 0.6 is 0 Å². The third-order valence-electron chi connectivity index (χ3n) is 2.65. The molecule has 0 unspecified atom stereocenters. The summed E-state index contributed by atoms with van der Waals surface area (Å²) in [6, 6.07) is -0.296. The minimum absolute atomic E-state index is 0.139. The summed E-state index contributed by atoms with van der Waals surface area (Å²) in [6.07, 6.45) is 2.97. The smallest absolute Gasteiger partial charge is 0.315 e. The van der Waals surface area contributed by atoms with Gasteiger partial charge in [0, 0.05) is 12.1 Å². The molecular weight excluding hydrogens is 206 g/mol. The van der Waals surface area contributed by atoms with Crippen LogP contribution in [0.1, 0.15) is 40.0 Å². The number of rotatable bonds is 5. The van der Waals surface area contributed by atoms with Crippen LogP contribution in [0.5, 0.6) is 0 Å². The molecule has 0 aromatic rings. The summed E-state index contributed by atoms with van der Waals surface area (Å²) in [5.74, 6) is -0.139. The Labute approximate surface area is 96.4 Å². The highest BCUT2D eigenvalue weighted by Gasteiger charge is 2.24. The lowest BCUT2D eigenvalue weighted by atomic mass is 10.2. The number of amides is 3. The van der Waals surface area contributed by atoms with Crippen LogP contribution in [0.4, 0.5) is 4.79 Å². The largest absolute Gasteiger partial charge is 0.352 e. The van der Waals surface area contributed by atoms with E-state index in [9.17, 15) is 9.59 Å². The Bertz CT molecular complexity index is 264. The molecule has 92 valence electrons. The van der Waals surface area contributed by atoms with Gasteiger partial charge in [0.1, 0.15) is 6.04 Å². The Hall–Kier alpha value is -1.26. The number of carbonyl (C=O) groups is 2. The fraction of sp³-hybridized carbons (Fsp3) is 0.818. The lowest BCUT2D eigenvalue weighted by Gasteiger charge is -2.17. The lowest BCUT2D eigenvalue weighted by molar-refractivity contribution is -0.123. The van der Waals surface area contributed by atoms with Crippen LogP contribution in [0.15, 0.2) is 0 Å². The fourth-order valence-corrected chi connectivity index (χ4v) is 1.19. The molecule has 3 N–H and O–H groups in total. The summed E-state index contributed by atoms with van der Waals surface area (Å²) in [5, 5.41) is 8.22. The van der Waals surface area contributed by atoms with Crippen LogP contribution in [-0.2, 0) is 4.79 Å². The summed E-state index contributed by atoms with van der Waals surface area (Å²) >= 11 is 0. The van der Waals surface area contributed by atoms with E-state index in [4.69, 9.17) is 0 Å². The summed E-state index contributed by atoms with van der Waals surface area (Å²) < 4.78 is 0. The van der Waals surface area contributed by atoms with E-state index in [1.54, 1.807) is 6.92 Å². The molecule has 0 saturated heterocycles. The molecule has 1 saturated carbocycles. The van der Waals surface area contributed by atoms with Gasteiger partial charge in [0.2, 0.25) is 5.91 Å². The number of nitrogens with one attached hydrogen (secondary N) is 3. The summed E-state index contributed by atoms with van der Waals surface area (Å²) in [5.41, 5.74) is 0. The minimum atomic E-state index is -0.493. The molecule has 0 aromatic carbocycles. The molecular formula is C11H21N3O2. The highest BCUT2D eigenvalue weighted by Crippen LogP contribution is 2.18. The Morgan fingerprint density at radius 2 is 1.88 bits per heavy atom. The van der Waals surface area contributed by atoms with Crippen LogP contribution in [0, 0.1) is 0 Å².